The highest BCUT2D eigenvalue weighted by atomic mass is 14.9. The molecule has 0 heterocycles. The summed E-state index contributed by atoms with van der Waals surface area (Å²) >= 11 is 0. The van der Waals surface area contributed by atoms with E-state index in [0.717, 1.165) is 19.4 Å². The summed E-state index contributed by atoms with van der Waals surface area (Å²) in [7, 11) is 0. The van der Waals surface area contributed by atoms with Gasteiger partial charge in [0, 0.05) is 12.2 Å². The lowest BCUT2D eigenvalue weighted by Gasteiger charge is -2.08. The van der Waals surface area contributed by atoms with Gasteiger partial charge in [0.15, 0.2) is 0 Å². The summed E-state index contributed by atoms with van der Waals surface area (Å²) in [6, 6.07) is 0. The largest absolute Gasteiger partial charge is 0.382 e. The average Bonchev–Trinajstić information content (AvgIpc) is 2.36. The average molecular weight is 249 g/mol. The van der Waals surface area contributed by atoms with Crippen LogP contribution < -0.4 is 5.32 Å². The van der Waals surface area contributed by atoms with Crippen molar-refractivity contribution in [2.75, 3.05) is 6.54 Å². The molecule has 104 valence electrons. The summed E-state index contributed by atoms with van der Waals surface area (Å²) < 4.78 is 0. The first-order chi connectivity index (χ1) is 8.74. The van der Waals surface area contributed by atoms with Gasteiger partial charge in [0.2, 0.25) is 0 Å². The second-order valence-electron chi connectivity index (χ2n) is 4.81. The van der Waals surface area contributed by atoms with Crippen LogP contribution in [0.2, 0.25) is 0 Å². The van der Waals surface area contributed by atoms with Crippen molar-refractivity contribution in [3.8, 4) is 0 Å². The molecule has 0 aromatic rings. The SMILES string of the molecule is CC/C=C(\C=C/CCC)NC/C(C)=C/CCCC. The lowest BCUT2D eigenvalue weighted by Crippen LogP contribution is -2.14. The van der Waals surface area contributed by atoms with E-state index in [1.165, 1.54) is 37.0 Å². The van der Waals surface area contributed by atoms with Gasteiger partial charge in [-0.15, -0.1) is 0 Å². The summed E-state index contributed by atoms with van der Waals surface area (Å²) in [6.45, 7) is 9.80. The second-order valence-corrected chi connectivity index (χ2v) is 4.81. The van der Waals surface area contributed by atoms with Gasteiger partial charge in [-0.05, 0) is 32.3 Å². The Morgan fingerprint density at radius 2 is 1.78 bits per heavy atom. The number of hydrogen-bond acceptors (Lipinski definition) is 1. The third kappa shape index (κ3) is 10.2. The van der Waals surface area contributed by atoms with Crippen molar-refractivity contribution in [3.63, 3.8) is 0 Å². The van der Waals surface area contributed by atoms with Crippen molar-refractivity contribution in [1.29, 1.82) is 0 Å². The lowest BCUT2D eigenvalue weighted by atomic mass is 10.2. The van der Waals surface area contributed by atoms with E-state index >= 15 is 0 Å². The standard InChI is InChI=1S/C17H31N/c1-5-8-10-13-16(4)15-18-17(12-7-3)14-11-9-6-2/h11-14,18H,5-10,15H2,1-4H3/b14-11-,16-13+,17-12+. The summed E-state index contributed by atoms with van der Waals surface area (Å²) in [4.78, 5) is 0. The van der Waals surface area contributed by atoms with Crippen LogP contribution in [0.25, 0.3) is 0 Å². The van der Waals surface area contributed by atoms with Crippen LogP contribution in [0, 0.1) is 0 Å². The maximum Gasteiger partial charge on any atom is 0.0357 e. The molecule has 18 heavy (non-hydrogen) atoms. The van der Waals surface area contributed by atoms with Gasteiger partial charge in [-0.3, -0.25) is 0 Å². The molecule has 0 aliphatic rings. The smallest absolute Gasteiger partial charge is 0.0357 e. The third-order valence-corrected chi connectivity index (χ3v) is 2.80. The van der Waals surface area contributed by atoms with E-state index < -0.39 is 0 Å². The van der Waals surface area contributed by atoms with Crippen LogP contribution in [0.4, 0.5) is 0 Å². The van der Waals surface area contributed by atoms with Crippen LogP contribution in [-0.4, -0.2) is 6.54 Å². The first-order valence-electron chi connectivity index (χ1n) is 7.50. The summed E-state index contributed by atoms with van der Waals surface area (Å²) in [6.07, 6.45) is 16.3. The molecule has 0 bridgehead atoms. The zero-order valence-corrected chi connectivity index (χ0v) is 12.8. The molecule has 0 saturated heterocycles. The van der Waals surface area contributed by atoms with Crippen molar-refractivity contribution in [2.24, 2.45) is 0 Å². The zero-order valence-electron chi connectivity index (χ0n) is 12.8. The van der Waals surface area contributed by atoms with E-state index in [1.807, 2.05) is 0 Å². The molecule has 1 N–H and O–H groups in total. The number of nitrogens with one attached hydrogen (secondary N) is 1. The van der Waals surface area contributed by atoms with Crippen molar-refractivity contribution < 1.29 is 0 Å². The van der Waals surface area contributed by atoms with Crippen LogP contribution in [0.15, 0.2) is 35.6 Å². The Morgan fingerprint density at radius 3 is 2.39 bits per heavy atom. The molecule has 0 atom stereocenters. The number of allylic oxidation sites excluding steroid dienone is 4. The van der Waals surface area contributed by atoms with E-state index in [-0.39, 0.29) is 0 Å². The number of hydrogen-bond donors (Lipinski definition) is 1. The molecule has 0 saturated carbocycles. The summed E-state index contributed by atoms with van der Waals surface area (Å²) in [5.74, 6) is 0. The minimum absolute atomic E-state index is 0.964. The summed E-state index contributed by atoms with van der Waals surface area (Å²) in [5, 5.41) is 3.51. The molecule has 1 nitrogen and oxygen atoms in total. The van der Waals surface area contributed by atoms with E-state index in [1.54, 1.807) is 0 Å². The molecule has 0 fully saturated rings. The molecule has 0 radical (unpaired) electrons. The molecule has 0 rings (SSSR count). The van der Waals surface area contributed by atoms with E-state index in [9.17, 15) is 0 Å². The Kier molecular flexibility index (Phi) is 11.8. The van der Waals surface area contributed by atoms with Crippen molar-refractivity contribution in [2.45, 2.75) is 66.2 Å². The quantitative estimate of drug-likeness (QED) is 0.312. The highest BCUT2D eigenvalue weighted by Crippen LogP contribution is 2.03. The topological polar surface area (TPSA) is 12.0 Å². The van der Waals surface area contributed by atoms with Crippen LogP contribution in [-0.2, 0) is 0 Å². The predicted molar refractivity (Wildman–Crippen MR) is 83.7 cm³/mol. The molecule has 0 aliphatic heterocycles. The Hall–Kier alpha value is -0.980. The maximum absolute atomic E-state index is 3.51. The number of unbranched alkanes of at least 4 members (excludes halogenated alkanes) is 3. The van der Waals surface area contributed by atoms with Crippen LogP contribution >= 0.6 is 0 Å². The maximum atomic E-state index is 3.51. The lowest BCUT2D eigenvalue weighted by molar-refractivity contribution is 0.801. The van der Waals surface area contributed by atoms with Gasteiger partial charge in [-0.1, -0.05) is 63.8 Å². The first-order valence-corrected chi connectivity index (χ1v) is 7.50. The fourth-order valence-electron chi connectivity index (χ4n) is 1.66. The van der Waals surface area contributed by atoms with Gasteiger partial charge in [0.25, 0.3) is 0 Å². The molecule has 1 heteroatoms. The van der Waals surface area contributed by atoms with E-state index in [0.29, 0.717) is 0 Å². The Balaban J connectivity index is 4.10. The van der Waals surface area contributed by atoms with Gasteiger partial charge in [0.1, 0.15) is 0 Å². The van der Waals surface area contributed by atoms with E-state index in [2.05, 4.69) is 57.3 Å². The molecule has 0 spiro atoms. The zero-order chi connectivity index (χ0) is 13.6. The Labute approximate surface area is 114 Å². The first kappa shape index (κ1) is 17.0. The van der Waals surface area contributed by atoms with Gasteiger partial charge >= 0.3 is 0 Å². The number of rotatable bonds is 10. The second kappa shape index (κ2) is 12.5. The van der Waals surface area contributed by atoms with Crippen LogP contribution in [0.3, 0.4) is 0 Å². The Morgan fingerprint density at radius 1 is 1.00 bits per heavy atom. The molecule has 0 aromatic carbocycles. The molecule has 0 aliphatic carbocycles. The van der Waals surface area contributed by atoms with Crippen molar-refractivity contribution >= 4 is 0 Å². The van der Waals surface area contributed by atoms with Crippen molar-refractivity contribution in [1.82, 2.24) is 5.32 Å². The monoisotopic (exact) mass is 249 g/mol. The Bertz CT molecular complexity index is 271. The molecular weight excluding hydrogens is 218 g/mol. The minimum Gasteiger partial charge on any atom is -0.382 e. The molecular formula is C17H31N. The van der Waals surface area contributed by atoms with Crippen molar-refractivity contribution in [3.05, 3.63) is 35.6 Å². The fourth-order valence-corrected chi connectivity index (χ4v) is 1.66. The fraction of sp³-hybridized carbons (Fsp3) is 0.647. The third-order valence-electron chi connectivity index (χ3n) is 2.80. The highest BCUT2D eigenvalue weighted by Gasteiger charge is 1.92. The van der Waals surface area contributed by atoms with Gasteiger partial charge in [-0.2, -0.15) is 0 Å². The van der Waals surface area contributed by atoms with Crippen LogP contribution in [0.5, 0.6) is 0 Å². The van der Waals surface area contributed by atoms with Gasteiger partial charge in [0.05, 0.1) is 0 Å². The predicted octanol–water partition coefficient (Wildman–Crippen LogP) is 5.36. The molecule has 0 aromatic heterocycles. The molecule has 0 unspecified atom stereocenters. The van der Waals surface area contributed by atoms with Crippen LogP contribution in [0.1, 0.15) is 66.2 Å². The summed E-state index contributed by atoms with van der Waals surface area (Å²) in [5.41, 5.74) is 2.70. The van der Waals surface area contributed by atoms with E-state index in [4.69, 9.17) is 0 Å². The molecule has 0 amide bonds. The van der Waals surface area contributed by atoms with Gasteiger partial charge < -0.3 is 5.32 Å². The minimum atomic E-state index is 0.964. The highest BCUT2D eigenvalue weighted by molar-refractivity contribution is 5.18. The van der Waals surface area contributed by atoms with Gasteiger partial charge in [-0.25, -0.2) is 0 Å². The normalized spacial score (nSPS) is 13.3.